The van der Waals surface area contributed by atoms with Crippen molar-refractivity contribution >= 4 is 23.5 Å². The van der Waals surface area contributed by atoms with Crippen LogP contribution in [0.3, 0.4) is 0 Å². The highest BCUT2D eigenvalue weighted by Crippen LogP contribution is 2.33. The Bertz CT molecular complexity index is 875. The van der Waals surface area contributed by atoms with Crippen LogP contribution in [0.15, 0.2) is 52.1 Å². The summed E-state index contributed by atoms with van der Waals surface area (Å²) in [6.45, 7) is 2.65. The van der Waals surface area contributed by atoms with Crippen molar-refractivity contribution in [1.29, 1.82) is 0 Å². The molecule has 0 fully saturated rings. The maximum atomic E-state index is 12.8. The minimum absolute atomic E-state index is 0.198. The van der Waals surface area contributed by atoms with Crippen molar-refractivity contribution in [3.63, 3.8) is 0 Å². The molecule has 0 aliphatic carbocycles. The molecule has 1 amide bonds. The Balaban J connectivity index is 1.74. The van der Waals surface area contributed by atoms with E-state index in [4.69, 9.17) is 14.1 Å². The van der Waals surface area contributed by atoms with Gasteiger partial charge in [-0.2, -0.15) is 0 Å². The summed E-state index contributed by atoms with van der Waals surface area (Å²) in [5.41, 5.74) is 2.23. The second-order valence-corrected chi connectivity index (χ2v) is 6.52. The first kappa shape index (κ1) is 17.3. The fourth-order valence-corrected chi connectivity index (χ4v) is 3.62. The van der Waals surface area contributed by atoms with Crippen LogP contribution in [0.1, 0.15) is 30.7 Å². The van der Waals surface area contributed by atoms with Gasteiger partial charge in [0.15, 0.2) is 5.92 Å². The quantitative estimate of drug-likeness (QED) is 0.665. The SMILES string of the molecule is CCOC(=O)C1C(=O)NC(N2CCCc3ccccc32)=NC1c1ccco1. The van der Waals surface area contributed by atoms with Crippen molar-refractivity contribution in [3.8, 4) is 0 Å². The molecule has 2 aromatic rings. The van der Waals surface area contributed by atoms with Crippen LogP contribution in [-0.4, -0.2) is 31.0 Å². The Kier molecular flexibility index (Phi) is 4.66. The molecule has 27 heavy (non-hydrogen) atoms. The van der Waals surface area contributed by atoms with Crippen LogP contribution in [0.25, 0.3) is 0 Å². The van der Waals surface area contributed by atoms with Gasteiger partial charge in [0.2, 0.25) is 11.9 Å². The zero-order valence-corrected chi connectivity index (χ0v) is 15.1. The minimum Gasteiger partial charge on any atom is -0.467 e. The van der Waals surface area contributed by atoms with Gasteiger partial charge in [-0.3, -0.25) is 14.9 Å². The summed E-state index contributed by atoms with van der Waals surface area (Å²) in [6, 6.07) is 10.8. The van der Waals surface area contributed by atoms with Crippen molar-refractivity contribution < 1.29 is 18.7 Å². The highest BCUT2D eigenvalue weighted by Gasteiger charge is 2.43. The Morgan fingerprint density at radius 3 is 2.96 bits per heavy atom. The molecule has 1 aromatic heterocycles. The van der Waals surface area contributed by atoms with Gasteiger partial charge >= 0.3 is 5.97 Å². The third kappa shape index (κ3) is 3.20. The van der Waals surface area contributed by atoms with Gasteiger partial charge < -0.3 is 14.1 Å². The smallest absolute Gasteiger partial charge is 0.321 e. The summed E-state index contributed by atoms with van der Waals surface area (Å²) < 4.78 is 10.6. The van der Waals surface area contributed by atoms with Gasteiger partial charge in [-0.15, -0.1) is 0 Å². The van der Waals surface area contributed by atoms with Crippen LogP contribution < -0.4 is 10.2 Å². The van der Waals surface area contributed by atoms with Crippen LogP contribution >= 0.6 is 0 Å². The Morgan fingerprint density at radius 2 is 2.19 bits per heavy atom. The molecule has 4 rings (SSSR count). The number of aliphatic imine (C=N–C) groups is 1. The highest BCUT2D eigenvalue weighted by molar-refractivity contribution is 6.13. The molecular weight excluding hydrogens is 346 g/mol. The first-order valence-electron chi connectivity index (χ1n) is 9.13. The lowest BCUT2D eigenvalue weighted by Crippen LogP contribution is -2.54. The van der Waals surface area contributed by atoms with Gasteiger partial charge in [0, 0.05) is 12.2 Å². The largest absolute Gasteiger partial charge is 0.467 e. The molecule has 2 aliphatic rings. The number of carbonyl (C=O) groups excluding carboxylic acids is 2. The standard InChI is InChI=1S/C20H21N3O4/c1-2-26-19(25)16-17(15-10-6-12-27-15)21-20(22-18(16)24)23-11-5-8-13-7-3-4-9-14(13)23/h3-4,6-7,9-10,12,16-17H,2,5,8,11H2,1H3,(H,21,22,24). The fourth-order valence-electron chi connectivity index (χ4n) is 3.62. The number of hydrogen-bond acceptors (Lipinski definition) is 6. The number of nitrogens with one attached hydrogen (secondary N) is 1. The summed E-state index contributed by atoms with van der Waals surface area (Å²) in [4.78, 5) is 31.9. The third-order valence-electron chi connectivity index (χ3n) is 4.84. The maximum Gasteiger partial charge on any atom is 0.321 e. The molecule has 0 radical (unpaired) electrons. The fraction of sp³-hybridized carbons (Fsp3) is 0.350. The van der Waals surface area contributed by atoms with Crippen molar-refractivity contribution in [3.05, 3.63) is 54.0 Å². The molecule has 0 saturated heterocycles. The van der Waals surface area contributed by atoms with Crippen LogP contribution in [0.4, 0.5) is 5.69 Å². The van der Waals surface area contributed by atoms with Gasteiger partial charge in [-0.05, 0) is 43.5 Å². The zero-order valence-electron chi connectivity index (χ0n) is 15.1. The summed E-state index contributed by atoms with van der Waals surface area (Å²) in [6.07, 6.45) is 3.45. The minimum atomic E-state index is -1.07. The maximum absolute atomic E-state index is 12.8. The molecule has 2 aliphatic heterocycles. The number of para-hydroxylation sites is 1. The molecule has 3 heterocycles. The number of fused-ring (bicyclic) bond motifs is 1. The van der Waals surface area contributed by atoms with E-state index >= 15 is 0 Å². The van der Waals surface area contributed by atoms with Crippen molar-refractivity contribution in [2.75, 3.05) is 18.1 Å². The number of ether oxygens (including phenoxy) is 1. The number of nitrogens with zero attached hydrogens (tertiary/aromatic N) is 2. The number of furan rings is 1. The van der Waals surface area contributed by atoms with E-state index in [2.05, 4.69) is 11.4 Å². The number of rotatable bonds is 3. The lowest BCUT2D eigenvalue weighted by molar-refractivity contribution is -0.153. The predicted molar refractivity (Wildman–Crippen MR) is 99.3 cm³/mol. The topological polar surface area (TPSA) is 84.1 Å². The van der Waals surface area contributed by atoms with Crippen molar-refractivity contribution in [2.24, 2.45) is 10.9 Å². The summed E-state index contributed by atoms with van der Waals surface area (Å²) in [5.74, 6) is -1.19. The van der Waals surface area contributed by atoms with E-state index in [9.17, 15) is 9.59 Å². The highest BCUT2D eigenvalue weighted by atomic mass is 16.5. The number of hydrogen-bond donors (Lipinski definition) is 1. The van der Waals surface area contributed by atoms with Crippen LogP contribution in [-0.2, 0) is 20.7 Å². The second-order valence-electron chi connectivity index (χ2n) is 6.52. The lowest BCUT2D eigenvalue weighted by atomic mass is 9.95. The molecule has 2 unspecified atom stereocenters. The van der Waals surface area contributed by atoms with E-state index in [0.717, 1.165) is 25.1 Å². The first-order valence-corrected chi connectivity index (χ1v) is 9.13. The Labute approximate surface area is 157 Å². The molecule has 7 nitrogen and oxygen atoms in total. The van der Waals surface area contributed by atoms with Crippen LogP contribution in [0.5, 0.6) is 0 Å². The second kappa shape index (κ2) is 7.26. The monoisotopic (exact) mass is 367 g/mol. The average molecular weight is 367 g/mol. The van der Waals surface area contributed by atoms with E-state index in [1.54, 1.807) is 19.1 Å². The normalized spacial score (nSPS) is 21.9. The molecular formula is C20H21N3O4. The number of aryl methyl sites for hydroxylation is 1. The number of amides is 1. The molecule has 2 atom stereocenters. The van der Waals surface area contributed by atoms with Crippen molar-refractivity contribution in [2.45, 2.75) is 25.8 Å². The molecule has 140 valence electrons. The van der Waals surface area contributed by atoms with Gasteiger partial charge in [0.05, 0.1) is 12.9 Å². The van der Waals surface area contributed by atoms with Crippen LogP contribution in [0, 0.1) is 5.92 Å². The van der Waals surface area contributed by atoms with E-state index in [1.807, 2.05) is 23.1 Å². The van der Waals surface area contributed by atoms with E-state index < -0.39 is 23.8 Å². The van der Waals surface area contributed by atoms with Crippen LogP contribution in [0.2, 0.25) is 0 Å². The average Bonchev–Trinajstić information content (AvgIpc) is 3.21. The summed E-state index contributed by atoms with van der Waals surface area (Å²) in [5, 5.41) is 2.80. The lowest BCUT2D eigenvalue weighted by Gasteiger charge is -2.35. The molecule has 0 bridgehead atoms. The van der Waals surface area contributed by atoms with E-state index in [1.165, 1.54) is 11.8 Å². The van der Waals surface area contributed by atoms with Crippen molar-refractivity contribution in [1.82, 2.24) is 5.32 Å². The predicted octanol–water partition coefficient (Wildman–Crippen LogP) is 2.44. The number of carbonyl (C=O) groups is 2. The number of anilines is 1. The Hall–Kier alpha value is -3.09. The van der Waals surface area contributed by atoms with Gasteiger partial charge in [-0.1, -0.05) is 18.2 Å². The number of esters is 1. The molecule has 1 aromatic carbocycles. The van der Waals surface area contributed by atoms with Gasteiger partial charge in [0.25, 0.3) is 0 Å². The molecule has 0 saturated carbocycles. The third-order valence-corrected chi connectivity index (χ3v) is 4.84. The van der Waals surface area contributed by atoms with E-state index in [-0.39, 0.29) is 6.61 Å². The first-order chi connectivity index (χ1) is 13.2. The van der Waals surface area contributed by atoms with E-state index in [0.29, 0.717) is 11.7 Å². The molecule has 7 heteroatoms. The number of guanidine groups is 1. The number of benzene rings is 1. The summed E-state index contributed by atoms with van der Waals surface area (Å²) in [7, 11) is 0. The zero-order chi connectivity index (χ0) is 18.8. The van der Waals surface area contributed by atoms with Gasteiger partial charge in [-0.25, -0.2) is 4.99 Å². The summed E-state index contributed by atoms with van der Waals surface area (Å²) >= 11 is 0. The Morgan fingerprint density at radius 1 is 1.33 bits per heavy atom. The van der Waals surface area contributed by atoms with Gasteiger partial charge in [0.1, 0.15) is 11.8 Å². The molecule has 1 N–H and O–H groups in total. The molecule has 0 spiro atoms.